The van der Waals surface area contributed by atoms with E-state index in [1.54, 1.807) is 0 Å². The van der Waals surface area contributed by atoms with E-state index in [9.17, 15) is 23.1 Å². The van der Waals surface area contributed by atoms with E-state index in [1.165, 1.54) is 24.3 Å². The summed E-state index contributed by atoms with van der Waals surface area (Å²) in [6.07, 6.45) is -5.01. The molecule has 1 rings (SSSR count). The fourth-order valence-electron chi connectivity index (χ4n) is 0.898. The zero-order valence-corrected chi connectivity index (χ0v) is 8.47. The Hall–Kier alpha value is -1.49. The first-order valence-corrected chi connectivity index (χ1v) is 4.44. The van der Waals surface area contributed by atoms with Crippen LogP contribution < -0.4 is 5.11 Å². The van der Waals surface area contributed by atoms with Crippen LogP contribution in [0.15, 0.2) is 30.3 Å². The number of carbonyl (C=O) groups is 1. The molecule has 0 spiro atoms. The summed E-state index contributed by atoms with van der Waals surface area (Å²) in [5.41, 5.74) is -0.0259. The molecule has 0 atom stereocenters. The normalized spacial score (nSPS) is 12.6. The van der Waals surface area contributed by atoms with E-state index in [0.29, 0.717) is 5.02 Å². The van der Waals surface area contributed by atoms with E-state index in [2.05, 4.69) is 0 Å². The molecule has 0 fully saturated rings. The monoisotopic (exact) mass is 249 g/mol. The second-order valence-corrected chi connectivity index (χ2v) is 3.31. The Balaban J connectivity index is 2.94. The van der Waals surface area contributed by atoms with Gasteiger partial charge in [-0.05, 0) is 23.8 Å². The lowest BCUT2D eigenvalue weighted by atomic mass is 10.1. The molecule has 2 nitrogen and oxygen atoms in total. The van der Waals surface area contributed by atoms with Crippen molar-refractivity contribution in [2.24, 2.45) is 0 Å². The van der Waals surface area contributed by atoms with Crippen molar-refractivity contribution >= 4 is 23.1 Å². The van der Waals surface area contributed by atoms with Gasteiger partial charge in [-0.25, -0.2) is 0 Å². The van der Waals surface area contributed by atoms with Crippen LogP contribution in [0.25, 0.3) is 5.76 Å². The van der Waals surface area contributed by atoms with Gasteiger partial charge < -0.3 is 5.11 Å². The van der Waals surface area contributed by atoms with Gasteiger partial charge in [0.1, 0.15) is 0 Å². The van der Waals surface area contributed by atoms with Crippen molar-refractivity contribution in [1.29, 1.82) is 0 Å². The van der Waals surface area contributed by atoms with Crippen LogP contribution in [-0.2, 0) is 4.79 Å². The Morgan fingerprint density at radius 3 is 2.19 bits per heavy atom. The summed E-state index contributed by atoms with van der Waals surface area (Å²) < 4.78 is 35.5. The number of hydrogen-bond acceptors (Lipinski definition) is 2. The van der Waals surface area contributed by atoms with Crippen LogP contribution in [-0.4, -0.2) is 12.0 Å². The van der Waals surface area contributed by atoms with Crippen molar-refractivity contribution in [3.63, 3.8) is 0 Å². The number of carbonyl (C=O) groups excluding carboxylic acids is 1. The summed E-state index contributed by atoms with van der Waals surface area (Å²) in [5.74, 6) is -3.17. The SMILES string of the molecule is O=C(/C=C(/[O-])c1ccc(Cl)cc1)C(F)(F)F. The van der Waals surface area contributed by atoms with Gasteiger partial charge in [-0.3, -0.25) is 4.79 Å². The summed E-state index contributed by atoms with van der Waals surface area (Å²) in [6, 6.07) is 5.18. The Labute approximate surface area is 94.0 Å². The van der Waals surface area contributed by atoms with Crippen LogP contribution in [0.3, 0.4) is 0 Å². The summed E-state index contributed by atoms with van der Waals surface area (Å²) >= 11 is 5.53. The van der Waals surface area contributed by atoms with Crippen molar-refractivity contribution in [1.82, 2.24) is 0 Å². The lowest BCUT2D eigenvalue weighted by molar-refractivity contribution is -0.244. The summed E-state index contributed by atoms with van der Waals surface area (Å²) in [7, 11) is 0. The summed E-state index contributed by atoms with van der Waals surface area (Å²) in [4.78, 5) is 10.5. The Morgan fingerprint density at radius 1 is 1.25 bits per heavy atom. The van der Waals surface area contributed by atoms with Gasteiger partial charge in [0.15, 0.2) is 0 Å². The maximum absolute atomic E-state index is 11.8. The van der Waals surface area contributed by atoms with Crippen molar-refractivity contribution < 1.29 is 23.1 Å². The van der Waals surface area contributed by atoms with Crippen molar-refractivity contribution in [2.75, 3.05) is 0 Å². The van der Waals surface area contributed by atoms with Crippen LogP contribution in [0.2, 0.25) is 5.02 Å². The molecule has 0 unspecified atom stereocenters. The van der Waals surface area contributed by atoms with Gasteiger partial charge in [-0.15, -0.1) is 0 Å². The average molecular weight is 250 g/mol. The predicted octanol–water partition coefficient (Wildman–Crippen LogP) is 2.17. The molecule has 86 valence electrons. The first-order valence-electron chi connectivity index (χ1n) is 4.06. The second-order valence-electron chi connectivity index (χ2n) is 2.88. The Kier molecular flexibility index (Phi) is 3.59. The fraction of sp³-hybridized carbons (Fsp3) is 0.100. The molecule has 0 aliphatic carbocycles. The number of ketones is 1. The third-order valence-electron chi connectivity index (χ3n) is 1.67. The zero-order chi connectivity index (χ0) is 12.3. The van der Waals surface area contributed by atoms with Crippen LogP contribution >= 0.6 is 11.6 Å². The molecule has 0 radical (unpaired) electrons. The van der Waals surface area contributed by atoms with Gasteiger partial charge in [0.25, 0.3) is 5.78 Å². The zero-order valence-electron chi connectivity index (χ0n) is 7.72. The third kappa shape index (κ3) is 3.27. The van der Waals surface area contributed by atoms with Crippen LogP contribution in [0.4, 0.5) is 13.2 Å². The third-order valence-corrected chi connectivity index (χ3v) is 1.92. The summed E-state index contributed by atoms with van der Waals surface area (Å²) in [5, 5.41) is 11.5. The van der Waals surface area contributed by atoms with E-state index >= 15 is 0 Å². The second kappa shape index (κ2) is 4.57. The lowest BCUT2D eigenvalue weighted by Crippen LogP contribution is -2.21. The number of rotatable bonds is 2. The van der Waals surface area contributed by atoms with E-state index in [0.717, 1.165) is 0 Å². The van der Waals surface area contributed by atoms with E-state index in [4.69, 9.17) is 11.6 Å². The van der Waals surface area contributed by atoms with E-state index in [1.807, 2.05) is 0 Å². The Morgan fingerprint density at radius 2 is 1.75 bits per heavy atom. The van der Waals surface area contributed by atoms with Crippen LogP contribution in [0.1, 0.15) is 5.56 Å². The molecule has 0 N–H and O–H groups in total. The van der Waals surface area contributed by atoms with Crippen molar-refractivity contribution in [3.8, 4) is 0 Å². The molecule has 0 aliphatic heterocycles. The number of benzene rings is 1. The van der Waals surface area contributed by atoms with Gasteiger partial charge in [-0.1, -0.05) is 29.5 Å². The topological polar surface area (TPSA) is 40.1 Å². The summed E-state index contributed by atoms with van der Waals surface area (Å²) in [6.45, 7) is 0. The predicted molar refractivity (Wildman–Crippen MR) is 50.5 cm³/mol. The molecule has 6 heteroatoms. The largest absolute Gasteiger partial charge is 0.872 e. The molecule has 0 aliphatic rings. The highest BCUT2D eigenvalue weighted by molar-refractivity contribution is 6.30. The highest BCUT2D eigenvalue weighted by atomic mass is 35.5. The molecule has 0 saturated carbocycles. The molecule has 0 heterocycles. The molecule has 1 aromatic carbocycles. The van der Waals surface area contributed by atoms with Gasteiger partial charge in [0, 0.05) is 5.02 Å². The minimum Gasteiger partial charge on any atom is -0.872 e. The van der Waals surface area contributed by atoms with Gasteiger partial charge in [0.05, 0.1) is 0 Å². The van der Waals surface area contributed by atoms with Crippen LogP contribution in [0, 0.1) is 0 Å². The molecule has 0 amide bonds. The van der Waals surface area contributed by atoms with Crippen molar-refractivity contribution in [3.05, 3.63) is 40.9 Å². The molecule has 0 aromatic heterocycles. The maximum atomic E-state index is 11.8. The van der Waals surface area contributed by atoms with E-state index in [-0.39, 0.29) is 11.6 Å². The van der Waals surface area contributed by atoms with E-state index < -0.39 is 17.7 Å². The molecule has 0 saturated heterocycles. The minimum atomic E-state index is -5.03. The molecular formula is C10H5ClF3O2-. The number of allylic oxidation sites excluding steroid dienone is 1. The number of hydrogen-bond donors (Lipinski definition) is 0. The van der Waals surface area contributed by atoms with Gasteiger partial charge in [0.2, 0.25) is 0 Å². The molecule has 16 heavy (non-hydrogen) atoms. The smallest absolute Gasteiger partial charge is 0.454 e. The van der Waals surface area contributed by atoms with Gasteiger partial charge in [-0.2, -0.15) is 13.2 Å². The minimum absolute atomic E-state index is 0.0171. The lowest BCUT2D eigenvalue weighted by Gasteiger charge is -2.12. The van der Waals surface area contributed by atoms with Crippen LogP contribution in [0.5, 0.6) is 0 Å². The number of halogens is 4. The molecular weight excluding hydrogens is 245 g/mol. The molecule has 1 aromatic rings. The fourth-order valence-corrected chi connectivity index (χ4v) is 1.02. The maximum Gasteiger partial charge on any atom is 0.454 e. The van der Waals surface area contributed by atoms with Gasteiger partial charge >= 0.3 is 6.18 Å². The Bertz CT molecular complexity index is 421. The molecule has 0 bridgehead atoms. The standard InChI is InChI=1S/C10H6ClF3O2/c11-7-3-1-6(2-4-7)8(15)5-9(16)10(12,13)14/h1-5,15H/p-1/b8-5+. The first kappa shape index (κ1) is 12.6. The number of alkyl halides is 3. The average Bonchev–Trinajstić information content (AvgIpc) is 2.17. The van der Waals surface area contributed by atoms with Crippen molar-refractivity contribution in [2.45, 2.75) is 6.18 Å². The first-order chi connectivity index (χ1) is 7.30. The quantitative estimate of drug-likeness (QED) is 0.595. The highest BCUT2D eigenvalue weighted by Gasteiger charge is 2.36. The highest BCUT2D eigenvalue weighted by Crippen LogP contribution is 2.19.